The number of hydrogen-bond donors (Lipinski definition) is 1. The zero-order chi connectivity index (χ0) is 11.8. The molecule has 2 aromatic heterocycles. The van der Waals surface area contributed by atoms with E-state index in [0.29, 0.717) is 21.6 Å². The third kappa shape index (κ3) is 1.88. The standard InChI is InChI=1S/C12H7Cl2N3/c13-8-4-2-1-3-7(8)11-15-9-5-6-10(14)16-12(9)17-11/h1-6H,(H,15,16,17). The highest BCUT2D eigenvalue weighted by atomic mass is 35.5. The molecule has 84 valence electrons. The highest BCUT2D eigenvalue weighted by molar-refractivity contribution is 6.33. The monoisotopic (exact) mass is 263 g/mol. The van der Waals surface area contributed by atoms with Gasteiger partial charge in [-0.1, -0.05) is 35.3 Å². The molecule has 2 heterocycles. The van der Waals surface area contributed by atoms with Crippen LogP contribution < -0.4 is 0 Å². The van der Waals surface area contributed by atoms with Crippen LogP contribution in [0.4, 0.5) is 0 Å². The normalized spacial score (nSPS) is 10.9. The molecular formula is C12H7Cl2N3. The Morgan fingerprint density at radius 2 is 1.76 bits per heavy atom. The Bertz CT molecular complexity index is 691. The van der Waals surface area contributed by atoms with E-state index in [1.165, 1.54) is 0 Å². The van der Waals surface area contributed by atoms with Gasteiger partial charge in [-0.2, -0.15) is 0 Å². The van der Waals surface area contributed by atoms with Crippen molar-refractivity contribution in [2.45, 2.75) is 0 Å². The quantitative estimate of drug-likeness (QED) is 0.676. The van der Waals surface area contributed by atoms with Gasteiger partial charge in [0.15, 0.2) is 5.65 Å². The first-order valence-corrected chi connectivity index (χ1v) is 5.77. The molecule has 0 radical (unpaired) electrons. The average molecular weight is 264 g/mol. The number of nitrogens with zero attached hydrogens (tertiary/aromatic N) is 2. The molecule has 0 saturated carbocycles. The van der Waals surface area contributed by atoms with Gasteiger partial charge in [0.2, 0.25) is 0 Å². The van der Waals surface area contributed by atoms with Gasteiger partial charge in [0.25, 0.3) is 0 Å². The number of halogens is 2. The largest absolute Gasteiger partial charge is 0.337 e. The predicted octanol–water partition coefficient (Wildman–Crippen LogP) is 3.93. The molecule has 0 amide bonds. The van der Waals surface area contributed by atoms with E-state index in [1.54, 1.807) is 6.07 Å². The molecular weight excluding hydrogens is 257 g/mol. The number of rotatable bonds is 1. The molecule has 3 aromatic rings. The van der Waals surface area contributed by atoms with Crippen molar-refractivity contribution in [2.75, 3.05) is 0 Å². The number of pyridine rings is 1. The van der Waals surface area contributed by atoms with Crippen LogP contribution in [-0.2, 0) is 0 Å². The third-order valence-electron chi connectivity index (χ3n) is 2.44. The second-order valence-corrected chi connectivity index (χ2v) is 4.36. The summed E-state index contributed by atoms with van der Waals surface area (Å²) in [6.45, 7) is 0. The molecule has 0 saturated heterocycles. The Kier molecular flexibility index (Phi) is 2.50. The number of aromatic nitrogens is 3. The number of H-pyrrole nitrogens is 1. The van der Waals surface area contributed by atoms with Crippen LogP contribution in [0.3, 0.4) is 0 Å². The minimum atomic E-state index is 0.426. The van der Waals surface area contributed by atoms with Crippen LogP contribution in [0, 0.1) is 0 Å². The van der Waals surface area contributed by atoms with Gasteiger partial charge in [-0.3, -0.25) is 0 Å². The van der Waals surface area contributed by atoms with E-state index in [2.05, 4.69) is 15.0 Å². The molecule has 3 nitrogen and oxygen atoms in total. The van der Waals surface area contributed by atoms with Crippen LogP contribution >= 0.6 is 23.2 Å². The Balaban J connectivity index is 2.22. The van der Waals surface area contributed by atoms with Crippen molar-refractivity contribution in [1.29, 1.82) is 0 Å². The Morgan fingerprint density at radius 3 is 2.59 bits per heavy atom. The van der Waals surface area contributed by atoms with Gasteiger partial charge in [-0.25, -0.2) is 9.97 Å². The van der Waals surface area contributed by atoms with Gasteiger partial charge in [-0.05, 0) is 24.3 Å². The summed E-state index contributed by atoms with van der Waals surface area (Å²) in [6, 6.07) is 11.1. The van der Waals surface area contributed by atoms with E-state index >= 15 is 0 Å². The summed E-state index contributed by atoms with van der Waals surface area (Å²) in [6.07, 6.45) is 0. The van der Waals surface area contributed by atoms with E-state index in [9.17, 15) is 0 Å². The minimum Gasteiger partial charge on any atom is -0.337 e. The SMILES string of the molecule is Clc1ccc2[nH]c(-c3ccccc3Cl)nc2n1. The smallest absolute Gasteiger partial charge is 0.179 e. The lowest BCUT2D eigenvalue weighted by Crippen LogP contribution is -1.81. The zero-order valence-electron chi connectivity index (χ0n) is 8.61. The fraction of sp³-hybridized carbons (Fsp3) is 0. The lowest BCUT2D eigenvalue weighted by molar-refractivity contribution is 1.30. The molecule has 3 rings (SSSR count). The van der Waals surface area contributed by atoms with Crippen molar-refractivity contribution in [3.63, 3.8) is 0 Å². The summed E-state index contributed by atoms with van der Waals surface area (Å²) in [5.41, 5.74) is 2.28. The van der Waals surface area contributed by atoms with Crippen LogP contribution in [0.2, 0.25) is 10.2 Å². The van der Waals surface area contributed by atoms with E-state index in [-0.39, 0.29) is 0 Å². The second kappa shape index (κ2) is 4.02. The molecule has 0 spiro atoms. The number of hydrogen-bond acceptors (Lipinski definition) is 2. The first-order chi connectivity index (χ1) is 8.24. The van der Waals surface area contributed by atoms with Gasteiger partial charge < -0.3 is 4.98 Å². The summed E-state index contributed by atoms with van der Waals surface area (Å²) in [4.78, 5) is 11.7. The first-order valence-electron chi connectivity index (χ1n) is 5.01. The van der Waals surface area contributed by atoms with Crippen molar-refractivity contribution < 1.29 is 0 Å². The maximum absolute atomic E-state index is 6.11. The Labute approximate surface area is 107 Å². The fourth-order valence-corrected chi connectivity index (χ4v) is 2.02. The van der Waals surface area contributed by atoms with Crippen LogP contribution in [0.1, 0.15) is 0 Å². The zero-order valence-corrected chi connectivity index (χ0v) is 10.1. The molecule has 0 bridgehead atoms. The molecule has 1 aromatic carbocycles. The second-order valence-electron chi connectivity index (χ2n) is 3.57. The predicted molar refractivity (Wildman–Crippen MR) is 69.3 cm³/mol. The number of aromatic amines is 1. The lowest BCUT2D eigenvalue weighted by Gasteiger charge is -1.98. The summed E-state index contributed by atoms with van der Waals surface area (Å²) >= 11 is 11.9. The minimum absolute atomic E-state index is 0.426. The number of fused-ring (bicyclic) bond motifs is 1. The number of nitrogens with one attached hydrogen (secondary N) is 1. The van der Waals surface area contributed by atoms with Crippen molar-refractivity contribution in [3.05, 3.63) is 46.6 Å². The topological polar surface area (TPSA) is 41.6 Å². The Hall–Kier alpha value is -1.58. The highest BCUT2D eigenvalue weighted by Gasteiger charge is 2.09. The maximum atomic E-state index is 6.11. The molecule has 1 N–H and O–H groups in total. The fourth-order valence-electron chi connectivity index (χ4n) is 1.65. The lowest BCUT2D eigenvalue weighted by atomic mass is 10.2. The van der Waals surface area contributed by atoms with Gasteiger partial charge in [0, 0.05) is 5.56 Å². The molecule has 5 heteroatoms. The molecule has 0 fully saturated rings. The van der Waals surface area contributed by atoms with Crippen molar-refractivity contribution in [3.8, 4) is 11.4 Å². The number of benzene rings is 1. The first kappa shape index (κ1) is 10.6. The summed E-state index contributed by atoms with van der Waals surface area (Å²) in [7, 11) is 0. The number of imidazole rings is 1. The Morgan fingerprint density at radius 1 is 0.941 bits per heavy atom. The highest BCUT2D eigenvalue weighted by Crippen LogP contribution is 2.26. The third-order valence-corrected chi connectivity index (χ3v) is 2.98. The van der Waals surface area contributed by atoms with E-state index < -0.39 is 0 Å². The van der Waals surface area contributed by atoms with Crippen LogP contribution in [0.15, 0.2) is 36.4 Å². The summed E-state index contributed by atoms with van der Waals surface area (Å²) in [5.74, 6) is 0.695. The van der Waals surface area contributed by atoms with Crippen molar-refractivity contribution in [1.82, 2.24) is 15.0 Å². The van der Waals surface area contributed by atoms with Gasteiger partial charge in [0.1, 0.15) is 11.0 Å². The summed E-state index contributed by atoms with van der Waals surface area (Å²) < 4.78 is 0. The van der Waals surface area contributed by atoms with Crippen LogP contribution in [0.5, 0.6) is 0 Å². The van der Waals surface area contributed by atoms with Crippen molar-refractivity contribution >= 4 is 34.4 Å². The molecule has 0 aliphatic rings. The molecule has 0 aliphatic carbocycles. The van der Waals surface area contributed by atoms with E-state index in [1.807, 2.05) is 30.3 Å². The van der Waals surface area contributed by atoms with Crippen molar-refractivity contribution in [2.24, 2.45) is 0 Å². The van der Waals surface area contributed by atoms with Crippen LogP contribution in [0.25, 0.3) is 22.6 Å². The van der Waals surface area contributed by atoms with Gasteiger partial charge in [-0.15, -0.1) is 0 Å². The maximum Gasteiger partial charge on any atom is 0.179 e. The van der Waals surface area contributed by atoms with E-state index in [0.717, 1.165) is 11.1 Å². The van der Waals surface area contributed by atoms with E-state index in [4.69, 9.17) is 23.2 Å². The summed E-state index contributed by atoms with van der Waals surface area (Å²) in [5, 5.41) is 1.08. The molecule has 0 atom stereocenters. The average Bonchev–Trinajstić information content (AvgIpc) is 2.72. The molecule has 0 aliphatic heterocycles. The van der Waals surface area contributed by atoms with Crippen LogP contribution in [-0.4, -0.2) is 15.0 Å². The van der Waals surface area contributed by atoms with Gasteiger partial charge in [0.05, 0.1) is 10.5 Å². The molecule has 17 heavy (non-hydrogen) atoms. The van der Waals surface area contributed by atoms with Gasteiger partial charge >= 0.3 is 0 Å². The molecule has 0 unspecified atom stereocenters.